The largest absolute Gasteiger partial charge is 0.393 e. The van der Waals surface area contributed by atoms with Crippen LogP contribution in [0.4, 0.5) is 0 Å². The third kappa shape index (κ3) is 2.94. The van der Waals surface area contributed by atoms with Crippen LogP contribution in [0.2, 0.25) is 0 Å². The third-order valence-corrected chi connectivity index (χ3v) is 2.93. The topological polar surface area (TPSA) is 38.1 Å². The van der Waals surface area contributed by atoms with Gasteiger partial charge in [0.1, 0.15) is 0 Å². The number of rotatable bonds is 5. The van der Waals surface area contributed by atoms with E-state index in [0.29, 0.717) is 0 Å². The summed E-state index contributed by atoms with van der Waals surface area (Å²) in [6, 6.07) is 12.1. The zero-order valence-electron chi connectivity index (χ0n) is 10.1. The normalized spacial score (nSPS) is 12.6. The highest BCUT2D eigenvalue weighted by atomic mass is 16.3. The lowest BCUT2D eigenvalue weighted by Gasteiger charge is -2.09. The van der Waals surface area contributed by atoms with E-state index in [1.165, 1.54) is 0 Å². The van der Waals surface area contributed by atoms with Gasteiger partial charge in [0, 0.05) is 11.9 Å². The van der Waals surface area contributed by atoms with Crippen molar-refractivity contribution < 1.29 is 5.11 Å². The Kier molecular flexibility index (Phi) is 3.94. The summed E-state index contributed by atoms with van der Waals surface area (Å²) in [7, 11) is 0. The Morgan fingerprint density at radius 1 is 1.24 bits per heavy atom. The highest BCUT2D eigenvalue weighted by molar-refractivity contribution is 5.32. The molecule has 3 nitrogen and oxygen atoms in total. The van der Waals surface area contributed by atoms with E-state index in [1.54, 1.807) is 6.20 Å². The molecular formula is C14H18N2O. The van der Waals surface area contributed by atoms with Crippen molar-refractivity contribution in [3.63, 3.8) is 0 Å². The maximum atomic E-state index is 9.59. The lowest BCUT2D eigenvalue weighted by atomic mass is 10.1. The van der Waals surface area contributed by atoms with Crippen molar-refractivity contribution in [2.75, 3.05) is 0 Å². The number of aromatic nitrogens is 2. The number of aliphatic hydroxyl groups is 1. The Morgan fingerprint density at radius 2 is 2.00 bits per heavy atom. The molecule has 2 aromatic rings. The van der Waals surface area contributed by atoms with Crippen molar-refractivity contribution in [1.29, 1.82) is 0 Å². The summed E-state index contributed by atoms with van der Waals surface area (Å²) < 4.78 is 1.93. The lowest BCUT2D eigenvalue weighted by molar-refractivity contribution is 0.160. The van der Waals surface area contributed by atoms with Gasteiger partial charge in [0.15, 0.2) is 0 Å². The Morgan fingerprint density at radius 3 is 2.71 bits per heavy atom. The van der Waals surface area contributed by atoms with Gasteiger partial charge in [-0.25, -0.2) is 4.68 Å². The van der Waals surface area contributed by atoms with Crippen LogP contribution < -0.4 is 0 Å². The molecule has 0 saturated carbocycles. The van der Waals surface area contributed by atoms with Crippen molar-refractivity contribution >= 4 is 0 Å². The summed E-state index contributed by atoms with van der Waals surface area (Å²) in [6.45, 7) is 2.00. The molecule has 0 amide bonds. The van der Waals surface area contributed by atoms with E-state index in [-0.39, 0.29) is 6.10 Å². The Balaban J connectivity index is 2.12. The van der Waals surface area contributed by atoms with Crippen molar-refractivity contribution in [2.24, 2.45) is 0 Å². The molecule has 0 fully saturated rings. The SMILES string of the molecule is CCC(O)CCc1ccnn1-c1ccccc1. The van der Waals surface area contributed by atoms with E-state index in [0.717, 1.165) is 30.6 Å². The van der Waals surface area contributed by atoms with Crippen LogP contribution in [0.1, 0.15) is 25.5 Å². The first-order valence-electron chi connectivity index (χ1n) is 6.07. The molecule has 1 N–H and O–H groups in total. The minimum atomic E-state index is -0.214. The molecule has 90 valence electrons. The first kappa shape index (κ1) is 11.9. The van der Waals surface area contributed by atoms with Crippen LogP contribution in [0.15, 0.2) is 42.6 Å². The highest BCUT2D eigenvalue weighted by Gasteiger charge is 2.07. The van der Waals surface area contributed by atoms with Crippen molar-refractivity contribution in [2.45, 2.75) is 32.3 Å². The zero-order valence-corrected chi connectivity index (χ0v) is 10.1. The van der Waals surface area contributed by atoms with Crippen LogP contribution in [0.3, 0.4) is 0 Å². The van der Waals surface area contributed by atoms with Crippen molar-refractivity contribution in [3.05, 3.63) is 48.3 Å². The molecule has 0 radical (unpaired) electrons. The number of para-hydroxylation sites is 1. The Labute approximate surface area is 102 Å². The molecule has 17 heavy (non-hydrogen) atoms. The summed E-state index contributed by atoms with van der Waals surface area (Å²) in [5, 5.41) is 13.9. The number of nitrogens with zero attached hydrogens (tertiary/aromatic N) is 2. The van der Waals surface area contributed by atoms with Crippen LogP contribution in [0.5, 0.6) is 0 Å². The van der Waals surface area contributed by atoms with Crippen LogP contribution >= 0.6 is 0 Å². The zero-order chi connectivity index (χ0) is 12.1. The summed E-state index contributed by atoms with van der Waals surface area (Å²) in [5.74, 6) is 0. The quantitative estimate of drug-likeness (QED) is 0.857. The number of aliphatic hydroxyl groups excluding tert-OH is 1. The fourth-order valence-electron chi connectivity index (χ4n) is 1.84. The van der Waals surface area contributed by atoms with E-state index in [2.05, 4.69) is 5.10 Å². The molecule has 1 atom stereocenters. The van der Waals surface area contributed by atoms with Crippen LogP contribution in [0, 0.1) is 0 Å². The molecule has 0 aliphatic rings. The average Bonchev–Trinajstić information content (AvgIpc) is 2.85. The summed E-state index contributed by atoms with van der Waals surface area (Å²) >= 11 is 0. The molecule has 3 heteroatoms. The van der Waals surface area contributed by atoms with Gasteiger partial charge in [-0.05, 0) is 37.5 Å². The van der Waals surface area contributed by atoms with Crippen LogP contribution in [-0.2, 0) is 6.42 Å². The molecule has 1 unspecified atom stereocenters. The molecule has 0 spiro atoms. The van der Waals surface area contributed by atoms with E-state index < -0.39 is 0 Å². The van der Waals surface area contributed by atoms with Crippen molar-refractivity contribution in [3.8, 4) is 5.69 Å². The van der Waals surface area contributed by atoms with E-state index in [1.807, 2.05) is 48.0 Å². The first-order chi connectivity index (χ1) is 8.31. The molecule has 0 bridgehead atoms. The fraction of sp³-hybridized carbons (Fsp3) is 0.357. The van der Waals surface area contributed by atoms with Gasteiger partial charge in [-0.1, -0.05) is 25.1 Å². The highest BCUT2D eigenvalue weighted by Crippen LogP contribution is 2.12. The molecule has 1 heterocycles. The first-order valence-corrected chi connectivity index (χ1v) is 6.07. The molecule has 1 aromatic heterocycles. The second-order valence-electron chi connectivity index (χ2n) is 4.17. The molecule has 2 rings (SSSR count). The minimum Gasteiger partial charge on any atom is -0.393 e. The van der Waals surface area contributed by atoms with E-state index >= 15 is 0 Å². The number of hydrogen-bond acceptors (Lipinski definition) is 2. The molecular weight excluding hydrogens is 212 g/mol. The van der Waals surface area contributed by atoms with Gasteiger partial charge >= 0.3 is 0 Å². The summed E-state index contributed by atoms with van der Waals surface area (Å²) in [4.78, 5) is 0. The molecule has 1 aromatic carbocycles. The fourth-order valence-corrected chi connectivity index (χ4v) is 1.84. The van der Waals surface area contributed by atoms with Crippen LogP contribution in [0.25, 0.3) is 5.69 Å². The van der Waals surface area contributed by atoms with Gasteiger partial charge < -0.3 is 5.11 Å². The van der Waals surface area contributed by atoms with E-state index in [4.69, 9.17) is 0 Å². The summed E-state index contributed by atoms with van der Waals surface area (Å²) in [6.07, 6.45) is 4.04. The minimum absolute atomic E-state index is 0.214. The molecule has 0 aliphatic carbocycles. The second kappa shape index (κ2) is 5.64. The maximum absolute atomic E-state index is 9.59. The van der Waals surface area contributed by atoms with Gasteiger partial charge in [-0.3, -0.25) is 0 Å². The average molecular weight is 230 g/mol. The van der Waals surface area contributed by atoms with E-state index in [9.17, 15) is 5.11 Å². The lowest BCUT2D eigenvalue weighted by Crippen LogP contribution is -2.09. The van der Waals surface area contributed by atoms with Gasteiger partial charge in [0.2, 0.25) is 0 Å². The Bertz CT molecular complexity index is 450. The predicted octanol–water partition coefficient (Wildman–Crippen LogP) is 2.58. The van der Waals surface area contributed by atoms with Gasteiger partial charge in [0.05, 0.1) is 11.8 Å². The van der Waals surface area contributed by atoms with Gasteiger partial charge in [-0.2, -0.15) is 5.10 Å². The maximum Gasteiger partial charge on any atom is 0.0648 e. The standard InChI is InChI=1S/C14H18N2O/c1-2-14(17)9-8-13-10-11-15-16(13)12-6-4-3-5-7-12/h3-7,10-11,14,17H,2,8-9H2,1H3. The number of aryl methyl sites for hydroxylation is 1. The molecule has 0 saturated heterocycles. The third-order valence-electron chi connectivity index (χ3n) is 2.93. The van der Waals surface area contributed by atoms with Crippen LogP contribution in [-0.4, -0.2) is 21.0 Å². The molecule has 0 aliphatic heterocycles. The van der Waals surface area contributed by atoms with Gasteiger partial charge in [-0.15, -0.1) is 0 Å². The van der Waals surface area contributed by atoms with Gasteiger partial charge in [0.25, 0.3) is 0 Å². The second-order valence-corrected chi connectivity index (χ2v) is 4.17. The summed E-state index contributed by atoms with van der Waals surface area (Å²) in [5.41, 5.74) is 2.21. The Hall–Kier alpha value is -1.61. The number of benzene rings is 1. The smallest absolute Gasteiger partial charge is 0.0648 e. The number of hydrogen-bond donors (Lipinski definition) is 1. The monoisotopic (exact) mass is 230 g/mol. The predicted molar refractivity (Wildman–Crippen MR) is 68.2 cm³/mol. The van der Waals surface area contributed by atoms with Crippen molar-refractivity contribution in [1.82, 2.24) is 9.78 Å².